The van der Waals surface area contributed by atoms with E-state index in [9.17, 15) is 14.4 Å². The van der Waals surface area contributed by atoms with Crippen molar-refractivity contribution in [2.24, 2.45) is 23.2 Å². The Morgan fingerprint density at radius 1 is 1.00 bits per heavy atom. The molecule has 1 heterocycles. The SMILES string of the molecule is COc1c(C[C@H](NC(=O)CC2CC(NC(=O)OC(C)(C)C)C2)B2OC3CC4CC(C4(C)C)C3(C)O2)cccc1C(=O)OC(C)(C)C. The fourth-order valence-electron chi connectivity index (χ4n) is 8.03. The molecule has 0 spiro atoms. The number of ether oxygens (including phenoxy) is 3. The zero-order valence-electron chi connectivity index (χ0n) is 29.3. The number of carbonyl (C=O) groups is 3. The summed E-state index contributed by atoms with van der Waals surface area (Å²) in [5.74, 6) is 0.427. The molecule has 46 heavy (non-hydrogen) atoms. The number of para-hydroxylation sites is 1. The minimum Gasteiger partial charge on any atom is -0.496 e. The topological polar surface area (TPSA) is 121 Å². The van der Waals surface area contributed by atoms with Crippen LogP contribution in [0.25, 0.3) is 0 Å². The molecule has 2 amide bonds. The van der Waals surface area contributed by atoms with Gasteiger partial charge in [-0.2, -0.15) is 0 Å². The molecule has 6 rings (SSSR count). The predicted molar refractivity (Wildman–Crippen MR) is 174 cm³/mol. The third-order valence-electron chi connectivity index (χ3n) is 10.4. The molecule has 1 aromatic carbocycles. The van der Waals surface area contributed by atoms with Gasteiger partial charge in [-0.05, 0) is 115 Å². The molecule has 0 aromatic heterocycles. The maximum atomic E-state index is 13.5. The van der Waals surface area contributed by atoms with E-state index in [1.807, 2.05) is 47.6 Å². The van der Waals surface area contributed by atoms with Gasteiger partial charge in [-0.1, -0.05) is 26.0 Å². The van der Waals surface area contributed by atoms with E-state index in [1.165, 1.54) is 7.11 Å². The van der Waals surface area contributed by atoms with Crippen LogP contribution in [-0.4, -0.2) is 67.1 Å². The maximum Gasteiger partial charge on any atom is 0.482 e. The molecule has 11 heteroatoms. The van der Waals surface area contributed by atoms with Gasteiger partial charge in [0.2, 0.25) is 5.91 Å². The van der Waals surface area contributed by atoms with E-state index >= 15 is 0 Å². The van der Waals surface area contributed by atoms with Crippen LogP contribution in [0.5, 0.6) is 5.75 Å². The molecule has 5 fully saturated rings. The van der Waals surface area contributed by atoms with E-state index < -0.39 is 41.9 Å². The Morgan fingerprint density at radius 3 is 2.28 bits per heavy atom. The predicted octanol–water partition coefficient (Wildman–Crippen LogP) is 5.64. The Morgan fingerprint density at radius 2 is 1.67 bits per heavy atom. The van der Waals surface area contributed by atoms with Crippen LogP contribution in [0, 0.1) is 23.2 Å². The Labute approximate surface area is 274 Å². The normalized spacial score (nSPS) is 30.2. The first kappa shape index (κ1) is 34.5. The van der Waals surface area contributed by atoms with Crippen molar-refractivity contribution < 1.29 is 37.9 Å². The lowest BCUT2D eigenvalue weighted by Gasteiger charge is -2.64. The monoisotopic (exact) mass is 640 g/mol. The van der Waals surface area contributed by atoms with Crippen LogP contribution in [0.2, 0.25) is 0 Å². The van der Waals surface area contributed by atoms with Gasteiger partial charge in [0.25, 0.3) is 0 Å². The largest absolute Gasteiger partial charge is 0.496 e. The number of alkyl carbamates (subject to hydrolysis) is 1. The number of nitrogens with one attached hydrogen (secondary N) is 2. The Hall–Kier alpha value is -2.79. The lowest BCUT2D eigenvalue weighted by atomic mass is 9.43. The molecule has 5 aliphatic rings. The zero-order valence-corrected chi connectivity index (χ0v) is 29.3. The molecule has 1 saturated heterocycles. The molecule has 5 atom stereocenters. The van der Waals surface area contributed by atoms with Gasteiger partial charge < -0.3 is 34.2 Å². The van der Waals surface area contributed by atoms with Crippen molar-refractivity contribution in [2.75, 3.05) is 7.11 Å². The van der Waals surface area contributed by atoms with Crippen LogP contribution in [0.15, 0.2) is 18.2 Å². The van der Waals surface area contributed by atoms with Gasteiger partial charge in [-0.3, -0.25) is 4.79 Å². The standard InChI is InChI=1S/C35H53BN2O8/c1-32(2,3)43-30(40)24-13-11-12-21(29(24)42-10)17-27(36-45-26-19-22-18-25(34(22,7)8)35(26,9)46-36)38-28(39)16-20-14-23(15-20)37-31(41)44-33(4,5)6/h11-13,20,22-23,25-27H,14-19H2,1-10H3,(H,37,41)(H,38,39)/t20?,22?,23?,25?,26?,27-,35?/m0/s1. The third kappa shape index (κ3) is 7.20. The van der Waals surface area contributed by atoms with Gasteiger partial charge in [0.15, 0.2) is 0 Å². The highest BCUT2D eigenvalue weighted by molar-refractivity contribution is 6.48. The van der Waals surface area contributed by atoms with Crippen molar-refractivity contribution in [3.63, 3.8) is 0 Å². The number of esters is 1. The van der Waals surface area contributed by atoms with E-state index in [0.717, 1.165) is 18.4 Å². The van der Waals surface area contributed by atoms with Gasteiger partial charge in [0.05, 0.1) is 24.8 Å². The minimum atomic E-state index is -0.663. The fourth-order valence-corrected chi connectivity index (χ4v) is 8.03. The molecular formula is C35H53BN2O8. The molecule has 1 aromatic rings. The lowest BCUT2D eigenvalue weighted by Crippen LogP contribution is -2.65. The maximum absolute atomic E-state index is 13.5. The summed E-state index contributed by atoms with van der Waals surface area (Å²) >= 11 is 0. The molecule has 0 radical (unpaired) electrons. The number of benzene rings is 1. The van der Waals surface area contributed by atoms with Crippen molar-refractivity contribution in [3.8, 4) is 5.75 Å². The molecule has 1 aliphatic heterocycles. The van der Waals surface area contributed by atoms with Crippen LogP contribution in [-0.2, 0) is 30.0 Å². The van der Waals surface area contributed by atoms with Gasteiger partial charge in [0, 0.05) is 12.5 Å². The van der Waals surface area contributed by atoms with Crippen molar-refractivity contribution in [1.29, 1.82) is 0 Å². The van der Waals surface area contributed by atoms with Crippen LogP contribution >= 0.6 is 0 Å². The smallest absolute Gasteiger partial charge is 0.482 e. The van der Waals surface area contributed by atoms with Gasteiger partial charge in [-0.15, -0.1) is 0 Å². The number of hydrogen-bond acceptors (Lipinski definition) is 8. The summed E-state index contributed by atoms with van der Waals surface area (Å²) in [7, 11) is 0.874. The van der Waals surface area contributed by atoms with Gasteiger partial charge in [0.1, 0.15) is 22.5 Å². The van der Waals surface area contributed by atoms with Crippen LogP contribution in [0.1, 0.15) is 110 Å². The first-order chi connectivity index (χ1) is 21.3. The summed E-state index contributed by atoms with van der Waals surface area (Å²) in [6.07, 6.45) is 3.65. The number of methoxy groups -OCH3 is 1. The Bertz CT molecular complexity index is 1330. The van der Waals surface area contributed by atoms with Crippen LogP contribution in [0.4, 0.5) is 4.79 Å². The second-order valence-electron chi connectivity index (χ2n) is 16.6. The van der Waals surface area contributed by atoms with E-state index in [-0.39, 0.29) is 29.4 Å². The third-order valence-corrected chi connectivity index (χ3v) is 10.4. The zero-order chi connectivity index (χ0) is 33.8. The van der Waals surface area contributed by atoms with Crippen LogP contribution < -0.4 is 15.4 Å². The molecule has 4 unspecified atom stereocenters. The van der Waals surface area contributed by atoms with E-state index in [4.69, 9.17) is 23.5 Å². The molecule has 4 aliphatic carbocycles. The fraction of sp³-hybridized carbons (Fsp3) is 0.743. The lowest BCUT2D eigenvalue weighted by molar-refractivity contribution is -0.199. The van der Waals surface area contributed by atoms with Crippen LogP contribution in [0.3, 0.4) is 0 Å². The Balaban J connectivity index is 1.30. The Kier molecular flexibility index (Phi) is 9.27. The first-order valence-corrected chi connectivity index (χ1v) is 16.8. The summed E-state index contributed by atoms with van der Waals surface area (Å²) in [5, 5.41) is 6.13. The molecule has 4 saturated carbocycles. The summed E-state index contributed by atoms with van der Waals surface area (Å²) in [5.41, 5.74) is -0.410. The van der Waals surface area contributed by atoms with E-state index in [0.29, 0.717) is 48.8 Å². The molecule has 254 valence electrons. The highest BCUT2D eigenvalue weighted by Crippen LogP contribution is 2.65. The number of carbonyl (C=O) groups excluding carboxylic acids is 3. The summed E-state index contributed by atoms with van der Waals surface area (Å²) in [6.45, 7) is 17.8. The summed E-state index contributed by atoms with van der Waals surface area (Å²) in [6, 6.07) is 5.38. The second kappa shape index (κ2) is 12.3. The number of rotatable bonds is 9. The highest BCUT2D eigenvalue weighted by Gasteiger charge is 2.68. The number of amides is 2. The first-order valence-electron chi connectivity index (χ1n) is 16.8. The van der Waals surface area contributed by atoms with Crippen molar-refractivity contribution in [1.82, 2.24) is 10.6 Å². The molecule has 2 bridgehead atoms. The van der Waals surface area contributed by atoms with Crippen molar-refractivity contribution in [3.05, 3.63) is 29.3 Å². The molecular weight excluding hydrogens is 587 g/mol. The van der Waals surface area contributed by atoms with Gasteiger partial charge in [-0.25, -0.2) is 9.59 Å². The van der Waals surface area contributed by atoms with E-state index in [1.54, 1.807) is 12.1 Å². The van der Waals surface area contributed by atoms with Crippen molar-refractivity contribution >= 4 is 25.1 Å². The summed E-state index contributed by atoms with van der Waals surface area (Å²) < 4.78 is 30.2. The molecule has 2 N–H and O–H groups in total. The average molecular weight is 641 g/mol. The highest BCUT2D eigenvalue weighted by atomic mass is 16.7. The van der Waals surface area contributed by atoms with Gasteiger partial charge >= 0.3 is 19.2 Å². The summed E-state index contributed by atoms with van der Waals surface area (Å²) in [4.78, 5) is 38.8. The van der Waals surface area contributed by atoms with E-state index in [2.05, 4.69) is 31.4 Å². The minimum absolute atomic E-state index is 0.0114. The quantitative estimate of drug-likeness (QED) is 0.263. The number of hydrogen-bond donors (Lipinski definition) is 2. The second-order valence-corrected chi connectivity index (χ2v) is 16.6. The average Bonchev–Trinajstić information content (AvgIpc) is 3.26. The van der Waals surface area contributed by atoms with Crippen molar-refractivity contribution in [2.45, 2.75) is 136 Å². The molecule has 10 nitrogen and oxygen atoms in total.